The van der Waals surface area contributed by atoms with Gasteiger partial charge in [-0.25, -0.2) is 4.98 Å². The molecule has 2 heterocycles. The summed E-state index contributed by atoms with van der Waals surface area (Å²) in [6.45, 7) is 3.21. The van der Waals surface area contributed by atoms with Gasteiger partial charge in [0.1, 0.15) is 0 Å². The van der Waals surface area contributed by atoms with E-state index in [1.165, 1.54) is 51.4 Å². The Morgan fingerprint density at radius 2 is 2.15 bits per heavy atom. The Bertz CT molecular complexity index is 384. The van der Waals surface area contributed by atoms with Crippen molar-refractivity contribution < 1.29 is 4.74 Å². The molecule has 2 fully saturated rings. The zero-order chi connectivity index (χ0) is 13.7. The maximum absolute atomic E-state index is 6.30. The molecule has 1 saturated heterocycles. The highest BCUT2D eigenvalue weighted by Gasteiger charge is 2.41. The molecule has 2 aliphatic rings. The lowest BCUT2D eigenvalue weighted by Gasteiger charge is -2.23. The van der Waals surface area contributed by atoms with Gasteiger partial charge in [-0.05, 0) is 45.1 Å². The third-order valence-corrected chi connectivity index (χ3v) is 4.80. The van der Waals surface area contributed by atoms with Crippen LogP contribution in [0.1, 0.15) is 51.4 Å². The highest BCUT2D eigenvalue weighted by atomic mass is 16.5. The maximum atomic E-state index is 6.30. The second kappa shape index (κ2) is 6.72. The highest BCUT2D eigenvalue weighted by molar-refractivity contribution is 4.93. The largest absolute Gasteiger partial charge is 0.370 e. The molecule has 0 aromatic carbocycles. The van der Waals surface area contributed by atoms with Crippen LogP contribution in [0.2, 0.25) is 0 Å². The van der Waals surface area contributed by atoms with E-state index in [2.05, 4.69) is 14.9 Å². The predicted molar refractivity (Wildman–Crippen MR) is 79.6 cm³/mol. The van der Waals surface area contributed by atoms with Gasteiger partial charge < -0.3 is 14.6 Å². The van der Waals surface area contributed by atoms with E-state index in [1.54, 1.807) is 0 Å². The van der Waals surface area contributed by atoms with Crippen LogP contribution in [0.5, 0.6) is 0 Å². The molecule has 1 aromatic rings. The molecule has 4 nitrogen and oxygen atoms in total. The normalized spacial score (nSPS) is 24.7. The number of hydrogen-bond acceptors (Lipinski definition) is 3. The van der Waals surface area contributed by atoms with Gasteiger partial charge in [-0.3, -0.25) is 0 Å². The van der Waals surface area contributed by atoms with Crippen molar-refractivity contribution in [1.29, 1.82) is 0 Å². The minimum atomic E-state index is 0.285. The van der Waals surface area contributed by atoms with Crippen LogP contribution in [0, 0.1) is 0 Å². The molecule has 1 aliphatic carbocycles. The van der Waals surface area contributed by atoms with Gasteiger partial charge in [0, 0.05) is 25.5 Å². The molecule has 1 atom stereocenters. The van der Waals surface area contributed by atoms with E-state index in [1.807, 2.05) is 18.7 Å². The smallest absolute Gasteiger partial charge is 0.0945 e. The van der Waals surface area contributed by atoms with E-state index in [0.29, 0.717) is 6.10 Å². The quantitative estimate of drug-likeness (QED) is 0.779. The fraction of sp³-hybridized carbons (Fsp3) is 0.812. The van der Waals surface area contributed by atoms with Crippen LogP contribution in [0.3, 0.4) is 0 Å². The fourth-order valence-corrected chi connectivity index (χ4v) is 3.65. The van der Waals surface area contributed by atoms with Gasteiger partial charge in [-0.2, -0.15) is 0 Å². The minimum absolute atomic E-state index is 0.285. The van der Waals surface area contributed by atoms with E-state index < -0.39 is 0 Å². The third kappa shape index (κ3) is 3.61. The summed E-state index contributed by atoms with van der Waals surface area (Å²) in [5.41, 5.74) is 0.285. The second-order valence-corrected chi connectivity index (χ2v) is 6.38. The lowest BCUT2D eigenvalue weighted by atomic mass is 9.98. The number of hydrogen-bond donors (Lipinski definition) is 1. The van der Waals surface area contributed by atoms with Gasteiger partial charge in [0.25, 0.3) is 0 Å². The van der Waals surface area contributed by atoms with Crippen LogP contribution in [0.25, 0.3) is 0 Å². The van der Waals surface area contributed by atoms with Gasteiger partial charge in [0.2, 0.25) is 0 Å². The lowest BCUT2D eigenvalue weighted by Crippen LogP contribution is -2.31. The first-order chi connectivity index (χ1) is 9.86. The van der Waals surface area contributed by atoms with Crippen molar-refractivity contribution in [2.24, 2.45) is 0 Å². The van der Waals surface area contributed by atoms with Crippen LogP contribution in [0.15, 0.2) is 18.7 Å². The second-order valence-electron chi connectivity index (χ2n) is 6.38. The average Bonchev–Trinajstić information content (AvgIpc) is 3.18. The number of nitrogens with one attached hydrogen (secondary N) is 1. The molecule has 1 aliphatic heterocycles. The fourth-order valence-electron chi connectivity index (χ4n) is 3.65. The van der Waals surface area contributed by atoms with E-state index in [4.69, 9.17) is 4.74 Å². The van der Waals surface area contributed by atoms with Crippen molar-refractivity contribution in [1.82, 2.24) is 14.9 Å². The van der Waals surface area contributed by atoms with Crippen LogP contribution < -0.4 is 5.32 Å². The van der Waals surface area contributed by atoms with Crippen molar-refractivity contribution in [3.63, 3.8) is 0 Å². The van der Waals surface area contributed by atoms with E-state index in [0.717, 1.165) is 19.6 Å². The SMILES string of the molecule is c1cn(CCCCNCC2CCC3(CCCC3)O2)cn1. The standard InChI is InChI=1S/C16H27N3O/c1-2-7-16(6-1)8-5-15(20-16)13-17-9-3-4-11-19-12-10-18-14-19/h10,12,14-15,17H,1-9,11,13H2. The first-order valence-electron chi connectivity index (χ1n) is 8.21. The van der Waals surface area contributed by atoms with Gasteiger partial charge >= 0.3 is 0 Å². The van der Waals surface area contributed by atoms with Gasteiger partial charge in [0.15, 0.2) is 0 Å². The molecule has 1 spiro atoms. The number of aromatic nitrogens is 2. The summed E-state index contributed by atoms with van der Waals surface area (Å²) in [7, 11) is 0. The van der Waals surface area contributed by atoms with Crippen LogP contribution in [-0.2, 0) is 11.3 Å². The maximum Gasteiger partial charge on any atom is 0.0945 e. The van der Waals surface area contributed by atoms with Gasteiger partial charge in [-0.15, -0.1) is 0 Å². The average molecular weight is 277 g/mol. The Kier molecular flexibility index (Phi) is 4.73. The molecule has 112 valence electrons. The molecule has 20 heavy (non-hydrogen) atoms. The summed E-state index contributed by atoms with van der Waals surface area (Å²) in [6, 6.07) is 0. The van der Waals surface area contributed by atoms with Crippen molar-refractivity contribution in [3.8, 4) is 0 Å². The Morgan fingerprint density at radius 3 is 2.95 bits per heavy atom. The lowest BCUT2D eigenvalue weighted by molar-refractivity contribution is -0.0350. The molecular formula is C16H27N3O. The summed E-state index contributed by atoms with van der Waals surface area (Å²) in [5.74, 6) is 0. The van der Waals surface area contributed by atoms with Crippen LogP contribution in [0.4, 0.5) is 0 Å². The zero-order valence-corrected chi connectivity index (χ0v) is 12.4. The van der Waals surface area contributed by atoms with Crippen molar-refractivity contribution in [3.05, 3.63) is 18.7 Å². The third-order valence-electron chi connectivity index (χ3n) is 4.80. The van der Waals surface area contributed by atoms with Crippen molar-refractivity contribution >= 4 is 0 Å². The van der Waals surface area contributed by atoms with Crippen molar-refractivity contribution in [2.75, 3.05) is 13.1 Å². The zero-order valence-electron chi connectivity index (χ0n) is 12.4. The molecule has 1 unspecified atom stereocenters. The summed E-state index contributed by atoms with van der Waals surface area (Å²) in [6.07, 6.45) is 16.5. The molecule has 3 rings (SSSR count). The first kappa shape index (κ1) is 14.1. The molecule has 0 amide bonds. The molecule has 0 radical (unpaired) electrons. The van der Waals surface area contributed by atoms with Crippen LogP contribution in [-0.4, -0.2) is 34.3 Å². The molecule has 0 bridgehead atoms. The number of unbranched alkanes of at least 4 members (excludes halogenated alkanes) is 1. The Hall–Kier alpha value is -0.870. The minimum Gasteiger partial charge on any atom is -0.370 e. The molecule has 1 N–H and O–H groups in total. The summed E-state index contributed by atoms with van der Waals surface area (Å²) in [5, 5.41) is 3.56. The molecular weight excluding hydrogens is 250 g/mol. The van der Waals surface area contributed by atoms with Gasteiger partial charge in [0.05, 0.1) is 18.0 Å². The summed E-state index contributed by atoms with van der Waals surface area (Å²) in [4.78, 5) is 4.06. The van der Waals surface area contributed by atoms with E-state index in [9.17, 15) is 0 Å². The number of imidazole rings is 1. The number of aryl methyl sites for hydroxylation is 1. The number of nitrogens with zero attached hydrogens (tertiary/aromatic N) is 2. The van der Waals surface area contributed by atoms with Crippen molar-refractivity contribution in [2.45, 2.75) is 69.6 Å². The first-order valence-corrected chi connectivity index (χ1v) is 8.21. The topological polar surface area (TPSA) is 39.1 Å². The monoisotopic (exact) mass is 277 g/mol. The van der Waals surface area contributed by atoms with Crippen LogP contribution >= 0.6 is 0 Å². The summed E-state index contributed by atoms with van der Waals surface area (Å²) < 4.78 is 8.44. The number of ether oxygens (including phenoxy) is 1. The molecule has 1 saturated carbocycles. The molecule has 1 aromatic heterocycles. The predicted octanol–water partition coefficient (Wildman–Crippen LogP) is 2.74. The Morgan fingerprint density at radius 1 is 1.25 bits per heavy atom. The van der Waals surface area contributed by atoms with Gasteiger partial charge in [-0.1, -0.05) is 12.8 Å². The Labute approximate surface area is 121 Å². The summed E-state index contributed by atoms with van der Waals surface area (Å²) >= 11 is 0. The highest BCUT2D eigenvalue weighted by Crippen LogP contribution is 2.43. The van der Waals surface area contributed by atoms with E-state index in [-0.39, 0.29) is 5.60 Å². The molecule has 4 heteroatoms. The Balaban J connectivity index is 1.24. The van der Waals surface area contributed by atoms with E-state index >= 15 is 0 Å². The number of rotatable bonds is 7.